The molecule has 0 radical (unpaired) electrons. The van der Waals surface area contributed by atoms with Crippen LogP contribution in [0.15, 0.2) is 24.3 Å². The van der Waals surface area contributed by atoms with Crippen LogP contribution in [0.25, 0.3) is 10.4 Å². The fraction of sp³-hybridized carbons (Fsp3) is 0.519. The molecule has 1 aliphatic carbocycles. The number of primary amides is 1. The van der Waals surface area contributed by atoms with Crippen molar-refractivity contribution in [3.8, 4) is 16.2 Å². The molecule has 9 heteroatoms. The summed E-state index contributed by atoms with van der Waals surface area (Å²) >= 11 is 1.26. The van der Waals surface area contributed by atoms with Crippen LogP contribution in [0.4, 0.5) is 5.69 Å². The Hall–Kier alpha value is -3.07. The molecule has 1 aliphatic rings. The van der Waals surface area contributed by atoms with Gasteiger partial charge in [0.15, 0.2) is 11.5 Å². The number of thiophene rings is 1. The standard InChI is InChI=1S/C27H37N3O5S/c1-16-22(35-14-21(32)29-13-20(28)31)24(25(33)34-6)36-23(16)17-8-7-9-18(10-17)30-19-11-26(2,3)15-27(4,5)12-19/h7-10,19,30H,11-15H2,1-6H3,(H2,28,31)(H,29,32). The van der Waals surface area contributed by atoms with Gasteiger partial charge in [0.2, 0.25) is 5.91 Å². The first-order valence-corrected chi connectivity index (χ1v) is 12.9. The van der Waals surface area contributed by atoms with Crippen LogP contribution in [0.2, 0.25) is 0 Å². The number of nitrogens with one attached hydrogen (secondary N) is 2. The number of anilines is 1. The summed E-state index contributed by atoms with van der Waals surface area (Å²) in [7, 11) is 1.30. The number of methoxy groups -OCH3 is 1. The Labute approximate surface area is 216 Å². The first-order chi connectivity index (χ1) is 16.8. The summed E-state index contributed by atoms with van der Waals surface area (Å²) in [6.45, 7) is 10.5. The summed E-state index contributed by atoms with van der Waals surface area (Å²) in [6.07, 6.45) is 3.40. The van der Waals surface area contributed by atoms with Gasteiger partial charge in [0.25, 0.3) is 5.91 Å². The number of esters is 1. The predicted octanol–water partition coefficient (Wildman–Crippen LogP) is 4.51. The number of hydrogen-bond acceptors (Lipinski definition) is 7. The molecule has 0 saturated heterocycles. The van der Waals surface area contributed by atoms with Crippen molar-refractivity contribution in [2.75, 3.05) is 25.6 Å². The van der Waals surface area contributed by atoms with E-state index in [1.54, 1.807) is 0 Å². The lowest BCUT2D eigenvalue weighted by Crippen LogP contribution is -2.40. The van der Waals surface area contributed by atoms with Crippen molar-refractivity contribution in [2.45, 2.75) is 59.9 Å². The zero-order chi connectivity index (χ0) is 26.7. The van der Waals surface area contributed by atoms with E-state index in [0.29, 0.717) is 11.8 Å². The molecule has 36 heavy (non-hydrogen) atoms. The van der Waals surface area contributed by atoms with E-state index in [1.807, 2.05) is 19.1 Å². The van der Waals surface area contributed by atoms with Crippen LogP contribution in [0.3, 0.4) is 0 Å². The van der Waals surface area contributed by atoms with Gasteiger partial charge in [0.1, 0.15) is 5.75 Å². The Morgan fingerprint density at radius 1 is 1.14 bits per heavy atom. The van der Waals surface area contributed by atoms with Gasteiger partial charge in [-0.1, -0.05) is 39.8 Å². The largest absolute Gasteiger partial charge is 0.482 e. The zero-order valence-corrected chi connectivity index (χ0v) is 22.8. The average molecular weight is 516 g/mol. The molecule has 2 aromatic rings. The van der Waals surface area contributed by atoms with Crippen LogP contribution in [0.1, 0.15) is 62.2 Å². The fourth-order valence-electron chi connectivity index (χ4n) is 5.48. The van der Waals surface area contributed by atoms with Gasteiger partial charge < -0.3 is 25.8 Å². The Morgan fingerprint density at radius 2 is 1.81 bits per heavy atom. The van der Waals surface area contributed by atoms with E-state index in [4.69, 9.17) is 15.2 Å². The smallest absolute Gasteiger partial charge is 0.351 e. The number of nitrogens with two attached hydrogens (primary N) is 1. The molecule has 0 aliphatic heterocycles. The highest BCUT2D eigenvalue weighted by Crippen LogP contribution is 2.47. The van der Waals surface area contributed by atoms with E-state index in [2.05, 4.69) is 50.5 Å². The summed E-state index contributed by atoms with van der Waals surface area (Å²) in [6, 6.07) is 8.49. The third-order valence-electron chi connectivity index (χ3n) is 6.32. The van der Waals surface area contributed by atoms with Crippen LogP contribution in [0, 0.1) is 17.8 Å². The zero-order valence-electron chi connectivity index (χ0n) is 21.9. The van der Waals surface area contributed by atoms with E-state index < -0.39 is 17.8 Å². The minimum Gasteiger partial charge on any atom is -0.482 e. The maximum absolute atomic E-state index is 12.5. The highest BCUT2D eigenvalue weighted by atomic mass is 32.1. The number of carbonyl (C=O) groups excluding carboxylic acids is 3. The van der Waals surface area contributed by atoms with Gasteiger partial charge in [-0.3, -0.25) is 9.59 Å². The first-order valence-electron chi connectivity index (χ1n) is 12.1. The highest BCUT2D eigenvalue weighted by molar-refractivity contribution is 7.18. The quantitative estimate of drug-likeness (QED) is 0.423. The van der Waals surface area contributed by atoms with Crippen molar-refractivity contribution in [2.24, 2.45) is 16.6 Å². The molecule has 8 nitrogen and oxygen atoms in total. The average Bonchev–Trinajstić information content (AvgIpc) is 3.09. The molecule has 1 aromatic heterocycles. The maximum Gasteiger partial charge on any atom is 0.351 e. The number of benzene rings is 1. The molecular formula is C27H37N3O5S. The van der Waals surface area contributed by atoms with Crippen molar-refractivity contribution < 1.29 is 23.9 Å². The predicted molar refractivity (Wildman–Crippen MR) is 142 cm³/mol. The van der Waals surface area contributed by atoms with Crippen molar-refractivity contribution in [3.05, 3.63) is 34.7 Å². The van der Waals surface area contributed by atoms with Crippen LogP contribution < -0.4 is 21.1 Å². The van der Waals surface area contributed by atoms with Crippen LogP contribution in [0.5, 0.6) is 5.75 Å². The monoisotopic (exact) mass is 515 g/mol. The summed E-state index contributed by atoms with van der Waals surface area (Å²) in [5.41, 5.74) is 8.30. The SMILES string of the molecule is COC(=O)c1sc(-c2cccc(NC3CC(C)(C)CC(C)(C)C3)c2)c(C)c1OCC(=O)NCC(N)=O. The molecule has 1 fully saturated rings. The minimum atomic E-state index is -0.651. The molecule has 196 valence electrons. The molecule has 1 aromatic carbocycles. The number of amides is 2. The Bertz CT molecular complexity index is 1120. The van der Waals surface area contributed by atoms with Gasteiger partial charge >= 0.3 is 5.97 Å². The second-order valence-corrected chi connectivity index (χ2v) is 12.1. The third-order valence-corrected chi connectivity index (χ3v) is 7.62. The Balaban J connectivity index is 1.84. The van der Waals surface area contributed by atoms with Gasteiger partial charge in [0, 0.05) is 22.2 Å². The Morgan fingerprint density at radius 3 is 2.42 bits per heavy atom. The summed E-state index contributed by atoms with van der Waals surface area (Å²) < 4.78 is 10.7. The van der Waals surface area contributed by atoms with Crippen molar-refractivity contribution in [3.63, 3.8) is 0 Å². The normalized spacial score (nSPS) is 16.7. The summed E-state index contributed by atoms with van der Waals surface area (Å²) in [5, 5.41) is 6.10. The van der Waals surface area contributed by atoms with Crippen molar-refractivity contribution in [1.82, 2.24) is 5.32 Å². The fourth-order valence-corrected chi connectivity index (χ4v) is 6.65. The molecule has 3 rings (SSSR count). The molecule has 2 amide bonds. The van der Waals surface area contributed by atoms with Gasteiger partial charge in [-0.2, -0.15) is 0 Å². The van der Waals surface area contributed by atoms with Gasteiger partial charge in [-0.25, -0.2) is 4.79 Å². The molecule has 0 bridgehead atoms. The number of carbonyl (C=O) groups is 3. The summed E-state index contributed by atoms with van der Waals surface area (Å²) in [5.74, 6) is -1.41. The van der Waals surface area contributed by atoms with Crippen molar-refractivity contribution >= 4 is 34.8 Å². The van der Waals surface area contributed by atoms with Crippen LogP contribution in [-0.4, -0.2) is 44.1 Å². The maximum atomic E-state index is 12.5. The van der Waals surface area contributed by atoms with E-state index in [0.717, 1.165) is 34.5 Å². The minimum absolute atomic E-state index is 0.271. The van der Waals surface area contributed by atoms with E-state index in [9.17, 15) is 14.4 Å². The van der Waals surface area contributed by atoms with E-state index in [1.165, 1.54) is 24.9 Å². The number of ether oxygens (including phenoxy) is 2. The second-order valence-electron chi connectivity index (χ2n) is 11.1. The van der Waals surface area contributed by atoms with Gasteiger partial charge in [0.05, 0.1) is 13.7 Å². The molecule has 0 spiro atoms. The lowest BCUT2D eigenvalue weighted by Gasteiger charge is -2.45. The lowest BCUT2D eigenvalue weighted by atomic mass is 9.63. The number of hydrogen-bond donors (Lipinski definition) is 3. The summed E-state index contributed by atoms with van der Waals surface area (Å²) in [4.78, 5) is 36.5. The van der Waals surface area contributed by atoms with E-state index >= 15 is 0 Å². The molecular weight excluding hydrogens is 478 g/mol. The molecule has 0 atom stereocenters. The van der Waals surface area contributed by atoms with Crippen LogP contribution in [-0.2, 0) is 14.3 Å². The van der Waals surface area contributed by atoms with Gasteiger partial charge in [-0.05, 0) is 54.7 Å². The van der Waals surface area contributed by atoms with E-state index in [-0.39, 0.29) is 28.9 Å². The Kier molecular flexibility index (Phi) is 8.33. The first kappa shape index (κ1) is 27.5. The molecule has 1 heterocycles. The molecule has 1 saturated carbocycles. The van der Waals surface area contributed by atoms with Gasteiger partial charge in [-0.15, -0.1) is 11.3 Å². The second kappa shape index (κ2) is 10.9. The lowest BCUT2D eigenvalue weighted by molar-refractivity contribution is -0.126. The topological polar surface area (TPSA) is 120 Å². The number of rotatable bonds is 9. The third kappa shape index (κ3) is 7.00. The van der Waals surface area contributed by atoms with Crippen molar-refractivity contribution in [1.29, 1.82) is 0 Å². The van der Waals surface area contributed by atoms with Crippen LogP contribution >= 0.6 is 11.3 Å². The molecule has 4 N–H and O–H groups in total. The highest BCUT2D eigenvalue weighted by Gasteiger charge is 2.38. The molecule has 0 unspecified atom stereocenters.